The first-order valence-corrected chi connectivity index (χ1v) is 10.7. The van der Waals surface area contributed by atoms with E-state index in [1.165, 1.54) is 5.56 Å². The van der Waals surface area contributed by atoms with Crippen molar-refractivity contribution in [2.75, 3.05) is 17.4 Å². The number of hydrogen-bond donors (Lipinski definition) is 0. The minimum atomic E-state index is -3.88. The van der Waals surface area contributed by atoms with Crippen molar-refractivity contribution >= 4 is 38.3 Å². The van der Waals surface area contributed by atoms with Gasteiger partial charge < -0.3 is 4.90 Å². The van der Waals surface area contributed by atoms with Crippen molar-refractivity contribution in [3.63, 3.8) is 0 Å². The van der Waals surface area contributed by atoms with Gasteiger partial charge in [0.1, 0.15) is 0 Å². The quantitative estimate of drug-likeness (QED) is 0.608. The predicted octanol–water partition coefficient (Wildman–Crippen LogP) is 4.49. The maximum atomic E-state index is 13.3. The highest BCUT2D eigenvalue weighted by Crippen LogP contribution is 2.33. The number of fused-ring (bicyclic) bond motifs is 2. The zero-order valence-corrected chi connectivity index (χ0v) is 16.9. The van der Waals surface area contributed by atoms with Crippen LogP contribution in [0.3, 0.4) is 0 Å². The summed E-state index contributed by atoms with van der Waals surface area (Å²) in [6.45, 7) is 3.79. The molecule has 0 bridgehead atoms. The van der Waals surface area contributed by atoms with E-state index in [-0.39, 0.29) is 4.90 Å². The normalized spacial score (nSPS) is 14.9. The number of aryl methyl sites for hydroxylation is 1. The first-order chi connectivity index (χ1) is 12.9. The number of likely N-dealkylation sites (N-methyl/N-ethyl adjacent to an activating group) is 1. The molecule has 0 saturated carbocycles. The Kier molecular flexibility index (Phi) is 4.62. The fourth-order valence-electron chi connectivity index (χ4n) is 3.66. The molecule has 0 atom stereocenters. The Morgan fingerprint density at radius 3 is 2.52 bits per heavy atom. The van der Waals surface area contributed by atoms with Gasteiger partial charge in [-0.15, -0.1) is 0 Å². The summed E-state index contributed by atoms with van der Waals surface area (Å²) < 4.78 is 27.4. The summed E-state index contributed by atoms with van der Waals surface area (Å²) in [5, 5.41) is 1.60. The molecule has 1 heterocycles. The van der Waals surface area contributed by atoms with E-state index >= 15 is 0 Å². The zero-order valence-electron chi connectivity index (χ0n) is 15.3. The molecule has 0 unspecified atom stereocenters. The minimum absolute atomic E-state index is 0.219. The Bertz CT molecular complexity index is 1130. The topological polar surface area (TPSA) is 40.6 Å². The third-order valence-corrected chi connectivity index (χ3v) is 7.47. The molecule has 140 valence electrons. The van der Waals surface area contributed by atoms with E-state index < -0.39 is 10.0 Å². The van der Waals surface area contributed by atoms with E-state index in [0.717, 1.165) is 39.8 Å². The van der Waals surface area contributed by atoms with Crippen LogP contribution in [-0.4, -0.2) is 26.9 Å². The molecule has 0 aromatic heterocycles. The Balaban J connectivity index is 1.78. The second-order valence-corrected chi connectivity index (χ2v) is 9.38. The Morgan fingerprint density at radius 1 is 1.00 bits per heavy atom. The average Bonchev–Trinajstić information content (AvgIpc) is 2.67. The first-order valence-electron chi connectivity index (χ1n) is 8.88. The van der Waals surface area contributed by atoms with Gasteiger partial charge in [0, 0.05) is 30.3 Å². The number of rotatable bonds is 3. The number of benzene rings is 3. The Labute approximate surface area is 165 Å². The van der Waals surface area contributed by atoms with Gasteiger partial charge in [-0.2, -0.15) is 12.2 Å². The lowest BCUT2D eigenvalue weighted by molar-refractivity contribution is 0.313. The smallest absolute Gasteiger partial charge is 0.278 e. The van der Waals surface area contributed by atoms with Gasteiger partial charge in [-0.05, 0) is 60.7 Å². The van der Waals surface area contributed by atoms with E-state index in [0.29, 0.717) is 11.1 Å². The molecule has 0 aliphatic carbocycles. The van der Waals surface area contributed by atoms with Crippen LogP contribution in [0.2, 0.25) is 0 Å². The molecule has 0 fully saturated rings. The van der Waals surface area contributed by atoms with Crippen molar-refractivity contribution in [2.24, 2.45) is 0 Å². The SMILES string of the molecule is Cc1ccc(S(=O)(=O)N(Cl)c2ccc3c(c2)CCN(C)C3)c2ccccc12. The molecule has 0 amide bonds. The van der Waals surface area contributed by atoms with Crippen molar-refractivity contribution in [1.82, 2.24) is 4.90 Å². The molecule has 3 aromatic rings. The molecule has 0 spiro atoms. The highest BCUT2D eigenvalue weighted by atomic mass is 35.5. The second kappa shape index (κ2) is 6.82. The molecule has 6 heteroatoms. The molecular formula is C21H21ClN2O2S. The van der Waals surface area contributed by atoms with Crippen LogP contribution in [0, 0.1) is 6.92 Å². The highest BCUT2D eigenvalue weighted by molar-refractivity contribution is 7.94. The summed E-state index contributed by atoms with van der Waals surface area (Å²) in [4.78, 5) is 2.46. The third kappa shape index (κ3) is 3.20. The van der Waals surface area contributed by atoms with Crippen molar-refractivity contribution in [1.29, 1.82) is 0 Å². The van der Waals surface area contributed by atoms with E-state index in [2.05, 4.69) is 11.9 Å². The number of sulfonamides is 1. The van der Waals surface area contributed by atoms with Crippen LogP contribution in [0.5, 0.6) is 0 Å². The Hall–Kier alpha value is -2.08. The monoisotopic (exact) mass is 400 g/mol. The standard InChI is InChI=1S/C21H21ClN2O2S/c1-15-7-10-21(20-6-4-3-5-19(15)20)27(25,26)24(22)18-9-8-17-14-23(2)12-11-16(17)13-18/h3-10,13H,11-12,14H2,1-2H3. The molecule has 3 aromatic carbocycles. The second-order valence-electron chi connectivity index (χ2n) is 7.09. The summed E-state index contributed by atoms with van der Waals surface area (Å²) in [5.74, 6) is 0. The van der Waals surface area contributed by atoms with Crippen LogP contribution in [0.1, 0.15) is 16.7 Å². The number of anilines is 1. The number of hydrogen-bond acceptors (Lipinski definition) is 3. The molecule has 0 N–H and O–H groups in total. The van der Waals surface area contributed by atoms with Gasteiger partial charge in [-0.1, -0.05) is 36.4 Å². The van der Waals surface area contributed by atoms with Gasteiger partial charge in [-0.25, -0.2) is 0 Å². The van der Waals surface area contributed by atoms with Crippen LogP contribution < -0.4 is 3.82 Å². The summed E-state index contributed by atoms with van der Waals surface area (Å²) in [5.41, 5.74) is 3.88. The van der Waals surface area contributed by atoms with Crippen LogP contribution in [0.25, 0.3) is 10.8 Å². The maximum Gasteiger partial charge on any atom is 0.278 e. The predicted molar refractivity (Wildman–Crippen MR) is 111 cm³/mol. The lowest BCUT2D eigenvalue weighted by Gasteiger charge is -2.26. The molecule has 0 saturated heterocycles. The molecule has 4 rings (SSSR count). The molecule has 1 aliphatic heterocycles. The van der Waals surface area contributed by atoms with Crippen LogP contribution >= 0.6 is 11.8 Å². The van der Waals surface area contributed by atoms with Gasteiger partial charge in [-0.3, -0.25) is 0 Å². The van der Waals surface area contributed by atoms with Gasteiger partial charge in [0.25, 0.3) is 10.0 Å². The third-order valence-electron chi connectivity index (χ3n) is 5.19. The largest absolute Gasteiger partial charge is 0.302 e. The van der Waals surface area contributed by atoms with Gasteiger partial charge >= 0.3 is 0 Å². The van der Waals surface area contributed by atoms with Crippen molar-refractivity contribution in [2.45, 2.75) is 24.8 Å². The van der Waals surface area contributed by atoms with E-state index in [4.69, 9.17) is 11.8 Å². The molecule has 1 aliphatic rings. The van der Waals surface area contributed by atoms with Crippen molar-refractivity contribution in [3.8, 4) is 0 Å². The lowest BCUT2D eigenvalue weighted by atomic mass is 10.00. The average molecular weight is 401 g/mol. The highest BCUT2D eigenvalue weighted by Gasteiger charge is 2.27. The Morgan fingerprint density at radius 2 is 1.74 bits per heavy atom. The summed E-state index contributed by atoms with van der Waals surface area (Å²) in [6.07, 6.45) is 0.887. The molecule has 0 radical (unpaired) electrons. The van der Waals surface area contributed by atoms with E-state index in [1.807, 2.05) is 49.4 Å². The summed E-state index contributed by atoms with van der Waals surface area (Å²) in [6, 6.07) is 16.6. The number of halogens is 1. The fraction of sp³-hybridized carbons (Fsp3) is 0.238. The van der Waals surface area contributed by atoms with Gasteiger partial charge in [0.15, 0.2) is 0 Å². The van der Waals surface area contributed by atoms with Gasteiger partial charge in [0.05, 0.1) is 10.6 Å². The maximum absolute atomic E-state index is 13.3. The van der Waals surface area contributed by atoms with Crippen molar-refractivity contribution in [3.05, 3.63) is 71.3 Å². The van der Waals surface area contributed by atoms with Crippen LogP contribution in [-0.2, 0) is 23.0 Å². The van der Waals surface area contributed by atoms with E-state index in [9.17, 15) is 8.42 Å². The van der Waals surface area contributed by atoms with E-state index in [1.54, 1.807) is 12.1 Å². The molecular weight excluding hydrogens is 380 g/mol. The van der Waals surface area contributed by atoms with Crippen LogP contribution in [0.4, 0.5) is 5.69 Å². The minimum Gasteiger partial charge on any atom is -0.302 e. The molecule has 27 heavy (non-hydrogen) atoms. The van der Waals surface area contributed by atoms with Crippen LogP contribution in [0.15, 0.2) is 59.5 Å². The number of nitrogens with zero attached hydrogens (tertiary/aromatic N) is 2. The molecule has 4 nitrogen and oxygen atoms in total. The summed E-state index contributed by atoms with van der Waals surface area (Å²) in [7, 11) is -1.80. The fourth-order valence-corrected chi connectivity index (χ4v) is 5.25. The summed E-state index contributed by atoms with van der Waals surface area (Å²) >= 11 is 6.38. The van der Waals surface area contributed by atoms with Crippen molar-refractivity contribution < 1.29 is 8.42 Å². The van der Waals surface area contributed by atoms with Gasteiger partial charge in [0.2, 0.25) is 0 Å². The lowest BCUT2D eigenvalue weighted by Crippen LogP contribution is -2.27. The first kappa shape index (κ1) is 18.3. The zero-order chi connectivity index (χ0) is 19.2.